The largest absolute Gasteiger partial charge is 0.391 e. The predicted octanol–water partition coefficient (Wildman–Crippen LogP) is 10.3. The summed E-state index contributed by atoms with van der Waals surface area (Å²) in [5.74, 6) is 0.608. The SMILES string of the molecule is C.C=C.C=C/C(C)=C(C)\C=C(/C)CNC.C=CC(/C=C(/C)N(C)C)=N\C=C\N=C.C=CNCC1C=CC(CC(=C)CC)=C(C)C1. The van der Waals surface area contributed by atoms with Crippen LogP contribution in [0.15, 0.2) is 144 Å². The van der Waals surface area contributed by atoms with E-state index in [0.29, 0.717) is 5.92 Å². The van der Waals surface area contributed by atoms with Crippen molar-refractivity contribution in [2.75, 3.05) is 34.2 Å². The molecule has 0 aromatic heterocycles. The summed E-state index contributed by atoms with van der Waals surface area (Å²) in [6, 6.07) is 0. The minimum absolute atomic E-state index is 0. The Hall–Kier alpha value is -3.96. The van der Waals surface area contributed by atoms with E-state index in [9.17, 15) is 0 Å². The predicted molar refractivity (Wildman–Crippen MR) is 210 cm³/mol. The van der Waals surface area contributed by atoms with E-state index in [-0.39, 0.29) is 7.43 Å². The van der Waals surface area contributed by atoms with Crippen molar-refractivity contribution >= 4 is 12.4 Å². The number of likely N-dealkylation sites (N-methyl/N-ethyl adjacent to an activating group) is 1. The van der Waals surface area contributed by atoms with Gasteiger partial charge in [-0.3, -0.25) is 9.98 Å². The molecule has 1 aliphatic carbocycles. The third kappa shape index (κ3) is 26.2. The number of rotatable bonds is 15. The molecule has 1 atom stereocenters. The standard InChI is InChI=1S/C15H23N.C11H17N3.C11H19N.C2H4.CH4/c1-5-12(3)9-15-8-7-14(10-13(15)4)11-16-6-2;1-6-11(13-8-7-12-3)9-10(2)14(4)5;1-6-10(3)11(4)7-9(2)8-12-5;1-2;/h6-8,14,16H,2-3,5,9-11H2,1,4H3;6-9H,1,3H2,2,4-5H3;6-7,12H,1,8H2,2-5H3;1-2H2;1H4/b;8-7+,10-9-,13-11+;9-7+,11-10-;;. The van der Waals surface area contributed by atoms with Gasteiger partial charge in [0.25, 0.3) is 0 Å². The number of allylic oxidation sites excluding steroid dienone is 11. The first kappa shape index (κ1) is 48.0. The number of hydrogen-bond acceptors (Lipinski definition) is 5. The van der Waals surface area contributed by atoms with Gasteiger partial charge in [0.15, 0.2) is 0 Å². The summed E-state index contributed by atoms with van der Waals surface area (Å²) in [5, 5.41) is 6.29. The van der Waals surface area contributed by atoms with E-state index >= 15 is 0 Å². The van der Waals surface area contributed by atoms with Crippen molar-refractivity contribution in [1.29, 1.82) is 0 Å². The van der Waals surface area contributed by atoms with Crippen LogP contribution in [0.1, 0.15) is 68.2 Å². The second kappa shape index (κ2) is 31.5. The van der Waals surface area contributed by atoms with Gasteiger partial charge in [0.1, 0.15) is 0 Å². The molecule has 0 fully saturated rings. The zero-order valence-electron chi connectivity index (χ0n) is 29.6. The highest BCUT2D eigenvalue weighted by atomic mass is 15.1. The lowest BCUT2D eigenvalue weighted by atomic mass is 9.87. The zero-order chi connectivity index (χ0) is 34.5. The molecule has 0 aliphatic heterocycles. The van der Waals surface area contributed by atoms with E-state index in [2.05, 4.69) is 120 Å². The molecule has 0 aromatic carbocycles. The summed E-state index contributed by atoms with van der Waals surface area (Å²) in [6.45, 7) is 39.1. The lowest BCUT2D eigenvalue weighted by molar-refractivity contribution is 0.514. The third-order valence-electron chi connectivity index (χ3n) is 6.66. The summed E-state index contributed by atoms with van der Waals surface area (Å²) in [4.78, 5) is 9.70. The molecule has 0 radical (unpaired) electrons. The Morgan fingerprint density at radius 3 is 2.09 bits per heavy atom. The van der Waals surface area contributed by atoms with E-state index in [1.807, 2.05) is 45.1 Å². The zero-order valence-corrected chi connectivity index (χ0v) is 29.6. The van der Waals surface area contributed by atoms with E-state index in [1.54, 1.807) is 18.5 Å². The average molecular weight is 618 g/mol. The Morgan fingerprint density at radius 2 is 1.64 bits per heavy atom. The molecule has 5 nitrogen and oxygen atoms in total. The van der Waals surface area contributed by atoms with Gasteiger partial charge in [0.2, 0.25) is 0 Å². The van der Waals surface area contributed by atoms with Crippen LogP contribution in [0.3, 0.4) is 0 Å². The Morgan fingerprint density at radius 1 is 1.02 bits per heavy atom. The van der Waals surface area contributed by atoms with E-state index in [4.69, 9.17) is 0 Å². The second-order valence-corrected chi connectivity index (χ2v) is 10.5. The fraction of sp³-hybridized carbons (Fsp3) is 0.400. The fourth-order valence-electron chi connectivity index (χ4n) is 3.60. The van der Waals surface area contributed by atoms with Crippen LogP contribution in [0.2, 0.25) is 0 Å². The molecular weight excluding hydrogens is 550 g/mol. The number of nitrogens with one attached hydrogen (secondary N) is 2. The first-order valence-electron chi connectivity index (χ1n) is 15.1. The number of nitrogens with zero attached hydrogens (tertiary/aromatic N) is 3. The summed E-state index contributed by atoms with van der Waals surface area (Å²) < 4.78 is 0. The van der Waals surface area contributed by atoms with Crippen LogP contribution in [0.5, 0.6) is 0 Å². The van der Waals surface area contributed by atoms with Crippen molar-refractivity contribution in [2.24, 2.45) is 15.9 Å². The molecule has 0 heterocycles. The maximum Gasteiger partial charge on any atom is 0.0641 e. The summed E-state index contributed by atoms with van der Waals surface area (Å²) in [7, 11) is 5.91. The van der Waals surface area contributed by atoms with Gasteiger partial charge in [0.05, 0.1) is 5.71 Å². The van der Waals surface area contributed by atoms with Gasteiger partial charge in [0, 0.05) is 45.3 Å². The molecular formula is C40H67N5. The number of aliphatic imine (C=N–C) groups is 2. The van der Waals surface area contributed by atoms with Crippen molar-refractivity contribution in [1.82, 2.24) is 15.5 Å². The smallest absolute Gasteiger partial charge is 0.0641 e. The minimum atomic E-state index is 0. The third-order valence-corrected chi connectivity index (χ3v) is 6.66. The maximum atomic E-state index is 4.14. The molecule has 1 rings (SSSR count). The molecule has 0 saturated heterocycles. The van der Waals surface area contributed by atoms with Gasteiger partial charge in [-0.05, 0) is 109 Å². The Labute approximate surface area is 279 Å². The van der Waals surface area contributed by atoms with Gasteiger partial charge in [-0.2, -0.15) is 0 Å². The summed E-state index contributed by atoms with van der Waals surface area (Å²) >= 11 is 0. The highest BCUT2D eigenvalue weighted by Crippen LogP contribution is 2.27. The van der Waals surface area contributed by atoms with Gasteiger partial charge < -0.3 is 15.5 Å². The second-order valence-electron chi connectivity index (χ2n) is 10.5. The van der Waals surface area contributed by atoms with Crippen molar-refractivity contribution in [3.63, 3.8) is 0 Å². The summed E-state index contributed by atoms with van der Waals surface area (Å²) in [5.41, 5.74) is 10.1. The molecule has 1 aliphatic rings. The number of hydrogen-bond donors (Lipinski definition) is 2. The molecule has 0 bridgehead atoms. The molecule has 1 unspecified atom stereocenters. The van der Waals surface area contributed by atoms with Gasteiger partial charge in [-0.25, -0.2) is 0 Å². The van der Waals surface area contributed by atoms with Crippen LogP contribution >= 0.6 is 0 Å². The molecule has 45 heavy (non-hydrogen) atoms. The highest BCUT2D eigenvalue weighted by molar-refractivity contribution is 6.04. The van der Waals surface area contributed by atoms with E-state index in [0.717, 1.165) is 43.8 Å². The van der Waals surface area contributed by atoms with Crippen LogP contribution in [-0.2, 0) is 0 Å². The van der Waals surface area contributed by atoms with Gasteiger partial charge in [-0.1, -0.05) is 81.7 Å². The van der Waals surface area contributed by atoms with E-state index < -0.39 is 0 Å². The van der Waals surface area contributed by atoms with Crippen molar-refractivity contribution in [3.05, 3.63) is 134 Å². The fourth-order valence-corrected chi connectivity index (χ4v) is 3.60. The van der Waals surface area contributed by atoms with Crippen molar-refractivity contribution in [2.45, 2.75) is 68.2 Å². The van der Waals surface area contributed by atoms with E-state index in [1.165, 1.54) is 39.6 Å². The summed E-state index contributed by atoms with van der Waals surface area (Å²) in [6.07, 6.45) is 20.5. The molecule has 0 spiro atoms. The molecule has 2 N–H and O–H groups in total. The quantitative estimate of drug-likeness (QED) is 0.109. The molecule has 252 valence electrons. The Bertz CT molecular complexity index is 1100. The topological polar surface area (TPSA) is 52.0 Å². The minimum Gasteiger partial charge on any atom is -0.391 e. The average Bonchev–Trinajstić information content (AvgIpc) is 3.01. The molecule has 0 saturated carbocycles. The van der Waals surface area contributed by atoms with Gasteiger partial charge >= 0.3 is 0 Å². The first-order valence-corrected chi connectivity index (χ1v) is 15.1. The van der Waals surface area contributed by atoms with Crippen LogP contribution in [0, 0.1) is 5.92 Å². The van der Waals surface area contributed by atoms with Crippen molar-refractivity contribution in [3.8, 4) is 0 Å². The van der Waals surface area contributed by atoms with Crippen LogP contribution in [-0.4, -0.2) is 51.6 Å². The maximum absolute atomic E-state index is 4.14. The molecule has 5 heteroatoms. The highest BCUT2D eigenvalue weighted by Gasteiger charge is 2.13. The molecule has 0 aromatic rings. The Kier molecular flexibility index (Phi) is 33.5. The van der Waals surface area contributed by atoms with Crippen LogP contribution in [0.4, 0.5) is 0 Å². The Balaban J connectivity index is -0.000000272. The van der Waals surface area contributed by atoms with Gasteiger partial charge in [-0.15, -0.1) is 13.2 Å². The van der Waals surface area contributed by atoms with Crippen molar-refractivity contribution < 1.29 is 0 Å². The van der Waals surface area contributed by atoms with Crippen LogP contribution in [0.25, 0.3) is 0 Å². The first-order chi connectivity index (χ1) is 20.9. The lowest BCUT2D eigenvalue weighted by Crippen LogP contribution is -2.18. The lowest BCUT2D eigenvalue weighted by Gasteiger charge is -2.21. The monoisotopic (exact) mass is 618 g/mol. The normalized spacial score (nSPS) is 15.0. The molecule has 0 amide bonds. The van der Waals surface area contributed by atoms with Crippen LogP contribution < -0.4 is 10.6 Å².